The molecule has 0 aromatic heterocycles. The molecule has 0 amide bonds. The molecule has 2 rings (SSSR count). The first-order valence-corrected chi connectivity index (χ1v) is 8.28. The van der Waals surface area contributed by atoms with Crippen LogP contribution in [0, 0.1) is 0 Å². The normalized spacial score (nSPS) is 19.1. The van der Waals surface area contributed by atoms with Crippen molar-refractivity contribution in [3.63, 3.8) is 0 Å². The molecule has 1 aromatic rings. The smallest absolute Gasteiger partial charge is 0.242 e. The predicted molar refractivity (Wildman–Crippen MR) is 77.7 cm³/mol. The molecule has 1 atom stereocenters. The van der Waals surface area contributed by atoms with E-state index in [1.807, 2.05) is 0 Å². The molecular formula is C14H21NO5S. The Morgan fingerprint density at radius 1 is 1.48 bits per heavy atom. The number of likely N-dealkylation sites (N-methyl/N-ethyl adjacent to an activating group) is 1. The molecule has 1 N–H and O–H groups in total. The van der Waals surface area contributed by atoms with Gasteiger partial charge in [-0.1, -0.05) is 0 Å². The highest BCUT2D eigenvalue weighted by atomic mass is 32.2. The zero-order valence-corrected chi connectivity index (χ0v) is 13.1. The summed E-state index contributed by atoms with van der Waals surface area (Å²) in [5.74, 6) is 0.471. The van der Waals surface area contributed by atoms with E-state index in [1.54, 1.807) is 13.1 Å². The van der Waals surface area contributed by atoms with Crippen molar-refractivity contribution in [2.45, 2.75) is 30.4 Å². The van der Waals surface area contributed by atoms with Gasteiger partial charge in [0.2, 0.25) is 10.0 Å². The second kappa shape index (κ2) is 6.74. The average Bonchev–Trinajstić information content (AvgIpc) is 2.99. The lowest BCUT2D eigenvalue weighted by Gasteiger charge is -2.21. The summed E-state index contributed by atoms with van der Waals surface area (Å²) >= 11 is 0. The molecule has 1 saturated heterocycles. The van der Waals surface area contributed by atoms with Crippen LogP contribution in [0.2, 0.25) is 0 Å². The lowest BCUT2D eigenvalue weighted by molar-refractivity contribution is 0.0979. The molecule has 0 bridgehead atoms. The van der Waals surface area contributed by atoms with Crippen LogP contribution in [0.25, 0.3) is 0 Å². The van der Waals surface area contributed by atoms with Crippen LogP contribution in [0.3, 0.4) is 0 Å². The van der Waals surface area contributed by atoms with E-state index in [2.05, 4.69) is 0 Å². The van der Waals surface area contributed by atoms with Gasteiger partial charge in [0, 0.05) is 25.8 Å². The number of sulfonamides is 1. The van der Waals surface area contributed by atoms with Gasteiger partial charge in [-0.25, -0.2) is 8.42 Å². The van der Waals surface area contributed by atoms with E-state index in [0.29, 0.717) is 24.5 Å². The molecule has 1 aliphatic heterocycles. The maximum atomic E-state index is 12.5. The number of nitrogens with zero attached hydrogens (tertiary/aromatic N) is 1. The highest BCUT2D eigenvalue weighted by Crippen LogP contribution is 2.25. The number of hydrogen-bond donors (Lipinski definition) is 1. The first kappa shape index (κ1) is 16.2. The lowest BCUT2D eigenvalue weighted by atomic mass is 10.2. The van der Waals surface area contributed by atoms with Gasteiger partial charge in [-0.15, -0.1) is 0 Å². The Labute approximate surface area is 125 Å². The van der Waals surface area contributed by atoms with Crippen molar-refractivity contribution < 1.29 is 23.0 Å². The van der Waals surface area contributed by atoms with Crippen molar-refractivity contribution in [3.8, 4) is 5.75 Å². The van der Waals surface area contributed by atoms with Crippen LogP contribution in [-0.2, 0) is 21.4 Å². The van der Waals surface area contributed by atoms with E-state index in [4.69, 9.17) is 9.47 Å². The minimum Gasteiger partial charge on any atom is -0.496 e. The lowest BCUT2D eigenvalue weighted by Crippen LogP contribution is -2.34. The minimum absolute atomic E-state index is 0.0414. The van der Waals surface area contributed by atoms with Gasteiger partial charge in [0.15, 0.2) is 0 Å². The van der Waals surface area contributed by atoms with Crippen LogP contribution in [-0.4, -0.2) is 51.2 Å². The van der Waals surface area contributed by atoms with Crippen molar-refractivity contribution in [1.82, 2.24) is 4.31 Å². The van der Waals surface area contributed by atoms with Crippen LogP contribution >= 0.6 is 0 Å². The monoisotopic (exact) mass is 315 g/mol. The minimum atomic E-state index is -3.60. The fraction of sp³-hybridized carbons (Fsp3) is 0.571. The Hall–Kier alpha value is -1.15. The summed E-state index contributed by atoms with van der Waals surface area (Å²) in [4.78, 5) is 0.146. The highest BCUT2D eigenvalue weighted by molar-refractivity contribution is 7.89. The van der Waals surface area contributed by atoms with Crippen molar-refractivity contribution >= 4 is 10.0 Å². The molecule has 6 nitrogen and oxygen atoms in total. The molecule has 21 heavy (non-hydrogen) atoms. The van der Waals surface area contributed by atoms with Crippen molar-refractivity contribution in [2.75, 3.05) is 27.3 Å². The van der Waals surface area contributed by atoms with Crippen molar-refractivity contribution in [1.29, 1.82) is 0 Å². The van der Waals surface area contributed by atoms with Crippen LogP contribution in [0.4, 0.5) is 0 Å². The fourth-order valence-corrected chi connectivity index (χ4v) is 3.65. The molecule has 0 spiro atoms. The summed E-state index contributed by atoms with van der Waals surface area (Å²) in [6.07, 6.45) is 1.81. The standard InChI is InChI=1S/C14H21NO5S/c1-15(9-12-4-3-7-20-12)21(17,18)13-5-6-14(19-2)11(8-13)10-16/h5-6,8,12,16H,3-4,7,9-10H2,1-2H3. The molecule has 118 valence electrons. The second-order valence-electron chi connectivity index (χ2n) is 5.05. The van der Waals surface area contributed by atoms with Gasteiger partial charge in [-0.2, -0.15) is 4.31 Å². The summed E-state index contributed by atoms with van der Waals surface area (Å²) < 4.78 is 36.9. The topological polar surface area (TPSA) is 76.1 Å². The van der Waals surface area contributed by atoms with Crippen LogP contribution < -0.4 is 4.74 Å². The van der Waals surface area contributed by atoms with Crippen LogP contribution in [0.1, 0.15) is 18.4 Å². The van der Waals surface area contributed by atoms with Crippen LogP contribution in [0.5, 0.6) is 5.75 Å². The van der Waals surface area contributed by atoms with E-state index < -0.39 is 10.0 Å². The molecule has 1 fully saturated rings. The number of hydrogen-bond acceptors (Lipinski definition) is 5. The fourth-order valence-electron chi connectivity index (χ4n) is 2.39. The summed E-state index contributed by atoms with van der Waals surface area (Å²) in [6.45, 7) is 0.751. The number of aliphatic hydroxyl groups is 1. The molecule has 1 aliphatic rings. The largest absolute Gasteiger partial charge is 0.496 e. The van der Waals surface area contributed by atoms with Gasteiger partial charge in [0.25, 0.3) is 0 Å². The Bertz CT molecular complexity index is 581. The van der Waals surface area contributed by atoms with Gasteiger partial charge in [-0.3, -0.25) is 0 Å². The summed E-state index contributed by atoms with van der Waals surface area (Å²) in [5, 5.41) is 9.30. The van der Waals surface area contributed by atoms with E-state index in [0.717, 1.165) is 12.8 Å². The number of aliphatic hydroxyl groups excluding tert-OH is 1. The zero-order chi connectivity index (χ0) is 15.5. The molecule has 1 aromatic carbocycles. The quantitative estimate of drug-likeness (QED) is 0.847. The Kier molecular flexibility index (Phi) is 5.21. The predicted octanol–water partition coefficient (Wildman–Crippen LogP) is 0.987. The van der Waals surface area contributed by atoms with Gasteiger partial charge >= 0.3 is 0 Å². The first-order chi connectivity index (χ1) is 9.98. The van der Waals surface area contributed by atoms with Gasteiger partial charge in [0.1, 0.15) is 5.75 Å². The third kappa shape index (κ3) is 3.55. The SMILES string of the molecule is COc1ccc(S(=O)(=O)N(C)CC2CCCO2)cc1CO. The first-order valence-electron chi connectivity index (χ1n) is 6.84. The molecule has 0 radical (unpaired) electrons. The Morgan fingerprint density at radius 2 is 2.24 bits per heavy atom. The molecule has 1 unspecified atom stereocenters. The summed E-state index contributed by atoms with van der Waals surface area (Å²) in [6, 6.07) is 4.48. The maximum absolute atomic E-state index is 12.5. The maximum Gasteiger partial charge on any atom is 0.242 e. The molecular weight excluding hydrogens is 294 g/mol. The molecule has 1 heterocycles. The molecule has 0 saturated carbocycles. The van der Waals surface area contributed by atoms with Gasteiger partial charge in [0.05, 0.1) is 24.7 Å². The Balaban J connectivity index is 2.21. The third-order valence-electron chi connectivity index (χ3n) is 3.62. The van der Waals surface area contributed by atoms with E-state index >= 15 is 0 Å². The van der Waals surface area contributed by atoms with E-state index in [-0.39, 0.29) is 17.6 Å². The third-order valence-corrected chi connectivity index (χ3v) is 5.43. The van der Waals surface area contributed by atoms with Crippen molar-refractivity contribution in [3.05, 3.63) is 23.8 Å². The van der Waals surface area contributed by atoms with E-state index in [9.17, 15) is 13.5 Å². The zero-order valence-electron chi connectivity index (χ0n) is 12.3. The van der Waals surface area contributed by atoms with Crippen molar-refractivity contribution in [2.24, 2.45) is 0 Å². The molecule has 0 aliphatic carbocycles. The second-order valence-corrected chi connectivity index (χ2v) is 7.10. The van der Waals surface area contributed by atoms with Gasteiger partial charge < -0.3 is 14.6 Å². The average molecular weight is 315 g/mol. The summed E-state index contributed by atoms with van der Waals surface area (Å²) in [5.41, 5.74) is 0.448. The highest BCUT2D eigenvalue weighted by Gasteiger charge is 2.26. The van der Waals surface area contributed by atoms with E-state index in [1.165, 1.54) is 23.5 Å². The Morgan fingerprint density at radius 3 is 2.81 bits per heavy atom. The van der Waals surface area contributed by atoms with Crippen LogP contribution in [0.15, 0.2) is 23.1 Å². The number of benzene rings is 1. The number of ether oxygens (including phenoxy) is 2. The van der Waals surface area contributed by atoms with Gasteiger partial charge in [-0.05, 0) is 31.0 Å². The summed E-state index contributed by atoms with van der Waals surface area (Å²) in [7, 11) is -0.577. The molecule has 7 heteroatoms. The number of rotatable bonds is 6. The number of methoxy groups -OCH3 is 1.